The van der Waals surface area contributed by atoms with Crippen LogP contribution in [0.2, 0.25) is 0 Å². The van der Waals surface area contributed by atoms with Crippen molar-refractivity contribution in [3.63, 3.8) is 0 Å². The average Bonchev–Trinajstić information content (AvgIpc) is 2.75. The molecule has 3 heterocycles. The van der Waals surface area contributed by atoms with E-state index in [0.717, 1.165) is 30.7 Å². The number of aromatic nitrogens is 3. The molecule has 0 aromatic carbocycles. The van der Waals surface area contributed by atoms with Crippen LogP contribution in [0.3, 0.4) is 0 Å². The lowest BCUT2D eigenvalue weighted by Gasteiger charge is -2.27. The molecule has 1 unspecified atom stereocenters. The average molecular weight is 272 g/mol. The fraction of sp³-hybridized carbons (Fsp3) is 0.625. The molecule has 108 valence electrons. The van der Waals surface area contributed by atoms with Gasteiger partial charge in [-0.1, -0.05) is 20.8 Å². The summed E-state index contributed by atoms with van der Waals surface area (Å²) in [6.07, 6.45) is 5.30. The van der Waals surface area contributed by atoms with E-state index in [9.17, 15) is 0 Å². The summed E-state index contributed by atoms with van der Waals surface area (Å²) in [5.41, 5.74) is 2.30. The molecule has 0 amide bonds. The molecule has 4 nitrogen and oxygen atoms in total. The summed E-state index contributed by atoms with van der Waals surface area (Å²) >= 11 is 0. The van der Waals surface area contributed by atoms with Gasteiger partial charge in [-0.25, -0.2) is 9.97 Å². The Balaban J connectivity index is 2.07. The first kappa shape index (κ1) is 13.6. The molecule has 4 heteroatoms. The van der Waals surface area contributed by atoms with Crippen LogP contribution in [0, 0.1) is 5.41 Å². The zero-order chi connectivity index (χ0) is 14.2. The van der Waals surface area contributed by atoms with Gasteiger partial charge in [-0.2, -0.15) is 0 Å². The lowest BCUT2D eigenvalue weighted by atomic mass is 9.91. The van der Waals surface area contributed by atoms with Crippen LogP contribution in [0.25, 0.3) is 11.2 Å². The van der Waals surface area contributed by atoms with E-state index in [1.807, 2.05) is 12.3 Å². The van der Waals surface area contributed by atoms with Crippen LogP contribution in [0.5, 0.6) is 0 Å². The maximum atomic E-state index is 4.85. The molecular formula is C16H24N4. The normalized spacial score (nSPS) is 20.4. The van der Waals surface area contributed by atoms with Gasteiger partial charge in [0, 0.05) is 25.2 Å². The quantitative estimate of drug-likeness (QED) is 0.914. The molecular weight excluding hydrogens is 248 g/mol. The molecule has 0 aliphatic carbocycles. The second-order valence-electron chi connectivity index (χ2n) is 6.98. The Hall–Kier alpha value is -1.42. The lowest BCUT2D eigenvalue weighted by molar-refractivity contribution is 0.343. The van der Waals surface area contributed by atoms with E-state index in [4.69, 9.17) is 4.98 Å². The van der Waals surface area contributed by atoms with Crippen molar-refractivity contribution in [2.75, 3.05) is 13.1 Å². The van der Waals surface area contributed by atoms with Gasteiger partial charge in [0.2, 0.25) is 0 Å². The number of hydrogen-bond donors (Lipinski definition) is 1. The van der Waals surface area contributed by atoms with Crippen LogP contribution in [0.4, 0.5) is 0 Å². The number of rotatable bonds is 2. The molecule has 1 aliphatic heterocycles. The number of nitrogens with zero attached hydrogens (tertiary/aromatic N) is 3. The topological polar surface area (TPSA) is 42.7 Å². The number of hydrogen-bond acceptors (Lipinski definition) is 3. The number of fused-ring (bicyclic) bond motifs is 1. The Bertz CT molecular complexity index is 588. The number of nitrogens with one attached hydrogen (secondary N) is 1. The number of pyridine rings is 1. The van der Waals surface area contributed by atoms with Gasteiger partial charge in [0.15, 0.2) is 5.65 Å². The second kappa shape index (κ2) is 5.17. The van der Waals surface area contributed by atoms with E-state index in [1.54, 1.807) is 0 Å². The van der Waals surface area contributed by atoms with Crippen molar-refractivity contribution in [2.45, 2.75) is 46.1 Å². The van der Waals surface area contributed by atoms with E-state index in [1.165, 1.54) is 18.7 Å². The van der Waals surface area contributed by atoms with E-state index < -0.39 is 0 Å². The van der Waals surface area contributed by atoms with Crippen LogP contribution < -0.4 is 5.32 Å². The lowest BCUT2D eigenvalue weighted by Crippen LogP contribution is -2.33. The standard InChI is InChI=1S/C16H24N4/c1-16(2,3)10-14-19-13-7-5-9-18-15(13)20(14)12-6-4-8-17-11-12/h5,7,9,12,17H,4,6,8,10-11H2,1-3H3. The molecule has 2 aromatic rings. The van der Waals surface area contributed by atoms with Crippen molar-refractivity contribution >= 4 is 11.2 Å². The van der Waals surface area contributed by atoms with Crippen molar-refractivity contribution in [2.24, 2.45) is 5.41 Å². The van der Waals surface area contributed by atoms with Crippen LogP contribution >= 0.6 is 0 Å². The van der Waals surface area contributed by atoms with E-state index in [0.29, 0.717) is 6.04 Å². The first-order valence-corrected chi connectivity index (χ1v) is 7.57. The summed E-state index contributed by atoms with van der Waals surface area (Å²) in [5, 5.41) is 3.50. The zero-order valence-electron chi connectivity index (χ0n) is 12.7. The van der Waals surface area contributed by atoms with Crippen LogP contribution in [0.15, 0.2) is 18.3 Å². The molecule has 1 N–H and O–H groups in total. The minimum atomic E-state index is 0.237. The maximum absolute atomic E-state index is 4.85. The largest absolute Gasteiger partial charge is 0.315 e. The fourth-order valence-electron chi connectivity index (χ4n) is 3.01. The Morgan fingerprint density at radius 2 is 2.25 bits per heavy atom. The molecule has 1 fully saturated rings. The van der Waals surface area contributed by atoms with Crippen LogP contribution in [-0.4, -0.2) is 27.6 Å². The van der Waals surface area contributed by atoms with Crippen molar-refractivity contribution < 1.29 is 0 Å². The Labute approximate surface area is 120 Å². The number of imidazole rings is 1. The molecule has 1 aliphatic rings. The summed E-state index contributed by atoms with van der Waals surface area (Å²) in [6, 6.07) is 4.53. The van der Waals surface area contributed by atoms with Crippen molar-refractivity contribution in [3.05, 3.63) is 24.2 Å². The highest BCUT2D eigenvalue weighted by atomic mass is 15.2. The highest BCUT2D eigenvalue weighted by Gasteiger charge is 2.24. The van der Waals surface area contributed by atoms with Gasteiger partial charge in [-0.05, 0) is 36.9 Å². The molecule has 0 saturated carbocycles. The van der Waals surface area contributed by atoms with E-state index in [-0.39, 0.29) is 5.41 Å². The van der Waals surface area contributed by atoms with Gasteiger partial charge in [0.05, 0.1) is 0 Å². The SMILES string of the molecule is CC(C)(C)Cc1nc2cccnc2n1C1CCCNC1. The predicted octanol–water partition coefficient (Wildman–Crippen LogP) is 2.94. The van der Waals surface area contributed by atoms with E-state index >= 15 is 0 Å². The van der Waals surface area contributed by atoms with Gasteiger partial charge in [-0.3, -0.25) is 0 Å². The summed E-state index contributed by atoms with van der Waals surface area (Å²) < 4.78 is 2.38. The molecule has 1 saturated heterocycles. The Morgan fingerprint density at radius 1 is 1.40 bits per heavy atom. The molecule has 0 spiro atoms. The third-order valence-electron chi connectivity index (χ3n) is 3.85. The van der Waals surface area contributed by atoms with Crippen molar-refractivity contribution in [3.8, 4) is 0 Å². The molecule has 20 heavy (non-hydrogen) atoms. The first-order chi connectivity index (χ1) is 9.54. The zero-order valence-corrected chi connectivity index (χ0v) is 12.7. The fourth-order valence-corrected chi connectivity index (χ4v) is 3.01. The van der Waals surface area contributed by atoms with Gasteiger partial charge < -0.3 is 9.88 Å². The second-order valence-corrected chi connectivity index (χ2v) is 6.98. The molecule has 1 atom stereocenters. The first-order valence-electron chi connectivity index (χ1n) is 7.57. The third-order valence-corrected chi connectivity index (χ3v) is 3.85. The molecule has 0 bridgehead atoms. The minimum absolute atomic E-state index is 0.237. The van der Waals surface area contributed by atoms with Crippen molar-refractivity contribution in [1.82, 2.24) is 19.9 Å². The molecule has 2 aromatic heterocycles. The third kappa shape index (κ3) is 2.70. The highest BCUT2D eigenvalue weighted by Crippen LogP contribution is 2.28. The summed E-state index contributed by atoms with van der Waals surface area (Å²) in [5.74, 6) is 1.18. The van der Waals surface area contributed by atoms with Crippen LogP contribution in [-0.2, 0) is 6.42 Å². The maximum Gasteiger partial charge on any atom is 0.160 e. The van der Waals surface area contributed by atoms with Gasteiger partial charge >= 0.3 is 0 Å². The summed E-state index contributed by atoms with van der Waals surface area (Å²) in [7, 11) is 0. The molecule has 3 rings (SSSR count). The minimum Gasteiger partial charge on any atom is -0.315 e. The van der Waals surface area contributed by atoms with E-state index in [2.05, 4.69) is 41.7 Å². The Kier molecular flexibility index (Phi) is 3.50. The summed E-state index contributed by atoms with van der Waals surface area (Å²) in [6.45, 7) is 8.96. The van der Waals surface area contributed by atoms with Gasteiger partial charge in [0.25, 0.3) is 0 Å². The number of piperidine rings is 1. The van der Waals surface area contributed by atoms with Gasteiger partial charge in [-0.15, -0.1) is 0 Å². The highest BCUT2D eigenvalue weighted by molar-refractivity contribution is 5.71. The van der Waals surface area contributed by atoms with Gasteiger partial charge in [0.1, 0.15) is 11.3 Å². The molecule has 0 radical (unpaired) electrons. The Morgan fingerprint density at radius 3 is 2.95 bits per heavy atom. The monoisotopic (exact) mass is 272 g/mol. The predicted molar refractivity (Wildman–Crippen MR) is 81.8 cm³/mol. The smallest absolute Gasteiger partial charge is 0.160 e. The van der Waals surface area contributed by atoms with Crippen molar-refractivity contribution in [1.29, 1.82) is 0 Å². The summed E-state index contributed by atoms with van der Waals surface area (Å²) in [4.78, 5) is 9.43. The van der Waals surface area contributed by atoms with Crippen LogP contribution in [0.1, 0.15) is 45.5 Å².